The lowest BCUT2D eigenvalue weighted by atomic mass is 10.1. The summed E-state index contributed by atoms with van der Waals surface area (Å²) in [7, 11) is 0. The molecular weight excluding hydrogens is 271 g/mol. The summed E-state index contributed by atoms with van der Waals surface area (Å²) >= 11 is 0. The third kappa shape index (κ3) is 3.11. The van der Waals surface area contributed by atoms with E-state index < -0.39 is 12.4 Å². The Hall–Kier alpha value is -2.02. The van der Waals surface area contributed by atoms with Crippen LogP contribution in [0.15, 0.2) is 30.6 Å². The first kappa shape index (κ1) is 14.4. The largest absolute Gasteiger partial charge is 0.483 e. The van der Waals surface area contributed by atoms with Gasteiger partial charge in [-0.15, -0.1) is 0 Å². The van der Waals surface area contributed by atoms with Crippen molar-refractivity contribution in [1.29, 1.82) is 0 Å². The van der Waals surface area contributed by atoms with Gasteiger partial charge in [0.25, 0.3) is 0 Å². The number of nitrogens with zero attached hydrogens (tertiary/aromatic N) is 2. The fourth-order valence-electron chi connectivity index (χ4n) is 1.69. The maximum atomic E-state index is 13.7. The van der Waals surface area contributed by atoms with Gasteiger partial charge in [-0.3, -0.25) is 4.57 Å². The van der Waals surface area contributed by atoms with E-state index in [-0.39, 0.29) is 24.2 Å². The van der Waals surface area contributed by atoms with Gasteiger partial charge in [0.15, 0.2) is 17.4 Å². The molecule has 0 saturated heterocycles. The predicted molar refractivity (Wildman–Crippen MR) is 66.8 cm³/mol. The molecule has 7 heteroatoms. The quantitative estimate of drug-likeness (QED) is 0.918. The van der Waals surface area contributed by atoms with E-state index in [1.54, 1.807) is 13.0 Å². The summed E-state index contributed by atoms with van der Waals surface area (Å²) in [4.78, 5) is 3.74. The van der Waals surface area contributed by atoms with Crippen molar-refractivity contribution in [2.24, 2.45) is 5.73 Å². The van der Waals surface area contributed by atoms with Gasteiger partial charge in [-0.05, 0) is 24.6 Å². The molecule has 0 aliphatic heterocycles. The topological polar surface area (TPSA) is 53.1 Å². The summed E-state index contributed by atoms with van der Waals surface area (Å²) in [5.41, 5.74) is 6.26. The SMILES string of the molecule is C[C@@H](N)c1ccc(OCc2nccn2C(F)F)c(F)c1. The van der Waals surface area contributed by atoms with E-state index in [4.69, 9.17) is 10.5 Å². The van der Waals surface area contributed by atoms with Gasteiger partial charge in [0.1, 0.15) is 6.61 Å². The van der Waals surface area contributed by atoms with Gasteiger partial charge in [-0.2, -0.15) is 8.78 Å². The molecule has 2 N–H and O–H groups in total. The van der Waals surface area contributed by atoms with Crippen molar-refractivity contribution >= 4 is 0 Å². The van der Waals surface area contributed by atoms with Crippen molar-refractivity contribution in [3.8, 4) is 5.75 Å². The Morgan fingerprint density at radius 3 is 2.75 bits per heavy atom. The lowest BCUT2D eigenvalue weighted by Crippen LogP contribution is -2.09. The molecule has 1 aromatic heterocycles. The van der Waals surface area contributed by atoms with Crippen molar-refractivity contribution < 1.29 is 17.9 Å². The van der Waals surface area contributed by atoms with Crippen LogP contribution in [0.5, 0.6) is 5.75 Å². The van der Waals surface area contributed by atoms with Crippen molar-refractivity contribution in [3.05, 3.63) is 47.8 Å². The zero-order chi connectivity index (χ0) is 14.7. The summed E-state index contributed by atoms with van der Waals surface area (Å²) in [6, 6.07) is 4.02. The van der Waals surface area contributed by atoms with Crippen LogP contribution in [0.2, 0.25) is 0 Å². The molecule has 0 spiro atoms. The maximum Gasteiger partial charge on any atom is 0.320 e. The third-order valence-corrected chi connectivity index (χ3v) is 2.80. The Balaban J connectivity index is 2.09. The first-order chi connectivity index (χ1) is 9.49. The Labute approximate surface area is 114 Å². The van der Waals surface area contributed by atoms with Gasteiger partial charge in [0.2, 0.25) is 0 Å². The number of aromatic nitrogens is 2. The molecule has 1 heterocycles. The number of alkyl halides is 2. The smallest absolute Gasteiger partial charge is 0.320 e. The van der Waals surface area contributed by atoms with Crippen LogP contribution in [0.25, 0.3) is 0 Å². The van der Waals surface area contributed by atoms with Crippen LogP contribution >= 0.6 is 0 Å². The second-order valence-electron chi connectivity index (χ2n) is 4.30. The van der Waals surface area contributed by atoms with E-state index in [9.17, 15) is 13.2 Å². The molecule has 108 valence electrons. The van der Waals surface area contributed by atoms with Crippen LogP contribution in [0.4, 0.5) is 13.2 Å². The monoisotopic (exact) mass is 285 g/mol. The average Bonchev–Trinajstić information content (AvgIpc) is 2.85. The Bertz CT molecular complexity index is 584. The van der Waals surface area contributed by atoms with E-state index >= 15 is 0 Å². The van der Waals surface area contributed by atoms with Gasteiger partial charge >= 0.3 is 6.55 Å². The Morgan fingerprint density at radius 2 is 2.15 bits per heavy atom. The van der Waals surface area contributed by atoms with Crippen LogP contribution in [-0.2, 0) is 6.61 Å². The molecule has 2 rings (SSSR count). The van der Waals surface area contributed by atoms with Gasteiger partial charge in [-0.1, -0.05) is 6.07 Å². The second kappa shape index (κ2) is 5.96. The number of rotatable bonds is 5. The van der Waals surface area contributed by atoms with Crippen LogP contribution < -0.4 is 10.5 Å². The third-order valence-electron chi connectivity index (χ3n) is 2.80. The maximum absolute atomic E-state index is 13.7. The molecule has 0 aliphatic carbocycles. The minimum Gasteiger partial charge on any atom is -0.483 e. The van der Waals surface area contributed by atoms with E-state index in [2.05, 4.69) is 4.98 Å². The molecule has 2 aromatic rings. The minimum atomic E-state index is -2.71. The molecular formula is C13H14F3N3O. The molecule has 1 atom stereocenters. The molecule has 4 nitrogen and oxygen atoms in total. The van der Waals surface area contributed by atoms with Crippen molar-refractivity contribution in [2.75, 3.05) is 0 Å². The zero-order valence-corrected chi connectivity index (χ0v) is 10.8. The number of ether oxygens (including phenoxy) is 1. The van der Waals surface area contributed by atoms with E-state index in [1.165, 1.54) is 18.3 Å². The fraction of sp³-hybridized carbons (Fsp3) is 0.308. The molecule has 0 unspecified atom stereocenters. The highest BCUT2D eigenvalue weighted by molar-refractivity contribution is 5.30. The van der Waals surface area contributed by atoms with Crippen molar-refractivity contribution in [1.82, 2.24) is 9.55 Å². The number of hydrogen-bond donors (Lipinski definition) is 1. The summed E-state index contributed by atoms with van der Waals surface area (Å²) in [6.45, 7) is -1.22. The number of halogens is 3. The molecule has 0 fully saturated rings. The molecule has 0 bridgehead atoms. The van der Waals surface area contributed by atoms with Crippen molar-refractivity contribution in [3.63, 3.8) is 0 Å². The number of benzene rings is 1. The van der Waals surface area contributed by atoms with Crippen molar-refractivity contribution in [2.45, 2.75) is 26.1 Å². The summed E-state index contributed by atoms with van der Waals surface area (Å²) in [6.07, 6.45) is 2.37. The van der Waals surface area contributed by atoms with Gasteiger partial charge in [0, 0.05) is 18.4 Å². The highest BCUT2D eigenvalue weighted by atomic mass is 19.3. The zero-order valence-electron chi connectivity index (χ0n) is 10.8. The lowest BCUT2D eigenvalue weighted by molar-refractivity contribution is 0.0631. The molecule has 0 saturated carbocycles. The molecule has 20 heavy (non-hydrogen) atoms. The minimum absolute atomic E-state index is 0.0238. The summed E-state index contributed by atoms with van der Waals surface area (Å²) in [5.74, 6) is -0.594. The highest BCUT2D eigenvalue weighted by Crippen LogP contribution is 2.22. The number of hydrogen-bond acceptors (Lipinski definition) is 3. The van der Waals surface area contributed by atoms with Crippen LogP contribution in [-0.4, -0.2) is 9.55 Å². The first-order valence-electron chi connectivity index (χ1n) is 5.96. The first-order valence-corrected chi connectivity index (χ1v) is 5.96. The number of imidazole rings is 1. The second-order valence-corrected chi connectivity index (χ2v) is 4.30. The molecule has 0 aliphatic rings. The average molecular weight is 285 g/mol. The highest BCUT2D eigenvalue weighted by Gasteiger charge is 2.13. The molecule has 1 aromatic carbocycles. The number of nitrogens with two attached hydrogens (primary N) is 1. The molecule has 0 radical (unpaired) electrons. The van der Waals surface area contributed by atoms with Gasteiger partial charge < -0.3 is 10.5 Å². The summed E-state index contributed by atoms with van der Waals surface area (Å²) in [5, 5.41) is 0. The van der Waals surface area contributed by atoms with Gasteiger partial charge in [-0.25, -0.2) is 9.37 Å². The lowest BCUT2D eigenvalue weighted by Gasteiger charge is -2.11. The molecule has 0 amide bonds. The summed E-state index contributed by atoms with van der Waals surface area (Å²) < 4.78 is 44.8. The van der Waals surface area contributed by atoms with Gasteiger partial charge in [0.05, 0.1) is 0 Å². The standard InChI is InChI=1S/C13H14F3N3O/c1-8(17)9-2-3-11(10(14)6-9)20-7-12-18-4-5-19(12)13(15)16/h2-6,8,13H,7,17H2,1H3/t8-/m1/s1. The van der Waals surface area contributed by atoms with Crippen LogP contribution in [0, 0.1) is 5.82 Å². The fourth-order valence-corrected chi connectivity index (χ4v) is 1.69. The predicted octanol–water partition coefficient (Wildman–Crippen LogP) is 3.02. The van der Waals surface area contributed by atoms with Crippen LogP contribution in [0.1, 0.15) is 30.9 Å². The Morgan fingerprint density at radius 1 is 1.40 bits per heavy atom. The van der Waals surface area contributed by atoms with E-state index in [1.807, 2.05) is 0 Å². The van der Waals surface area contributed by atoms with E-state index in [0.717, 1.165) is 6.20 Å². The van der Waals surface area contributed by atoms with Crippen LogP contribution in [0.3, 0.4) is 0 Å². The van der Waals surface area contributed by atoms with E-state index in [0.29, 0.717) is 10.1 Å². The normalized spacial score (nSPS) is 12.7. The Kier molecular flexibility index (Phi) is 4.29.